The van der Waals surface area contributed by atoms with Crippen molar-refractivity contribution < 1.29 is 4.79 Å². The molecule has 1 rings (SSSR count). The molecule has 1 nitrogen and oxygen atoms in total. The number of hydrogen-bond acceptors (Lipinski definition) is 1. The first-order valence-corrected chi connectivity index (χ1v) is 8.52. The predicted octanol–water partition coefficient (Wildman–Crippen LogP) is 3.24. The van der Waals surface area contributed by atoms with Gasteiger partial charge in [-0.05, 0) is 5.56 Å². The first kappa shape index (κ1) is 11.2. The van der Waals surface area contributed by atoms with Crippen LogP contribution in [0.25, 0.3) is 0 Å². The number of benzene rings is 1. The normalized spacial score (nSPS) is 13.7. The van der Waals surface area contributed by atoms with Crippen LogP contribution in [-0.2, 0) is 4.79 Å². The average molecular weight is 206 g/mol. The minimum Gasteiger partial charge on any atom is -0.305 e. The van der Waals surface area contributed by atoms with Gasteiger partial charge in [0.25, 0.3) is 0 Å². The average Bonchev–Trinajstić information content (AvgIpc) is 2.15. The van der Waals surface area contributed by atoms with Gasteiger partial charge >= 0.3 is 0 Å². The van der Waals surface area contributed by atoms with E-state index in [-0.39, 0.29) is 5.92 Å². The fourth-order valence-electron chi connectivity index (χ4n) is 1.54. The van der Waals surface area contributed by atoms with E-state index in [0.717, 1.165) is 5.56 Å². The Kier molecular flexibility index (Phi) is 3.27. The van der Waals surface area contributed by atoms with E-state index in [4.69, 9.17) is 0 Å². The Labute approximate surface area is 87.2 Å². The van der Waals surface area contributed by atoms with Gasteiger partial charge in [-0.25, -0.2) is 0 Å². The summed E-state index contributed by atoms with van der Waals surface area (Å²) in [5.41, 5.74) is 1.14. The first-order valence-electron chi connectivity index (χ1n) is 5.02. The van der Waals surface area contributed by atoms with E-state index in [9.17, 15) is 4.79 Å². The lowest BCUT2D eigenvalue weighted by Gasteiger charge is -2.20. The van der Waals surface area contributed by atoms with Crippen molar-refractivity contribution >= 4 is 13.5 Å². The molecular weight excluding hydrogens is 188 g/mol. The zero-order valence-corrected chi connectivity index (χ0v) is 10.4. The molecule has 76 valence electrons. The summed E-state index contributed by atoms with van der Waals surface area (Å²) in [4.78, 5) is 12.0. The molecule has 1 aromatic rings. The van der Waals surface area contributed by atoms with Crippen LogP contribution in [0, 0.1) is 0 Å². The third kappa shape index (κ3) is 2.55. The van der Waals surface area contributed by atoms with Crippen LogP contribution < -0.4 is 0 Å². The van der Waals surface area contributed by atoms with Gasteiger partial charge in [-0.15, -0.1) is 0 Å². The second-order valence-corrected chi connectivity index (χ2v) is 9.74. The van der Waals surface area contributed by atoms with E-state index in [1.54, 1.807) is 0 Å². The number of carbonyl (C=O) groups is 1. The molecule has 0 radical (unpaired) electrons. The minimum absolute atomic E-state index is 0.0582. The summed E-state index contributed by atoms with van der Waals surface area (Å²) in [6.07, 6.45) is 0. The van der Waals surface area contributed by atoms with E-state index in [2.05, 4.69) is 19.6 Å². The van der Waals surface area contributed by atoms with Gasteiger partial charge in [0.2, 0.25) is 0 Å². The van der Waals surface area contributed by atoms with Gasteiger partial charge in [0, 0.05) is 5.92 Å². The summed E-state index contributed by atoms with van der Waals surface area (Å²) in [7, 11) is -1.65. The molecule has 1 atom stereocenters. The Morgan fingerprint density at radius 1 is 1.14 bits per heavy atom. The second kappa shape index (κ2) is 4.09. The summed E-state index contributed by atoms with van der Waals surface area (Å²) in [5.74, 6) is 0.0582. The molecular formula is C12H18OSi. The van der Waals surface area contributed by atoms with Gasteiger partial charge in [0.1, 0.15) is 13.5 Å². The van der Waals surface area contributed by atoms with Gasteiger partial charge in [-0.1, -0.05) is 56.9 Å². The van der Waals surface area contributed by atoms with Crippen molar-refractivity contribution in [2.75, 3.05) is 0 Å². The van der Waals surface area contributed by atoms with Crippen molar-refractivity contribution in [2.45, 2.75) is 32.5 Å². The highest BCUT2D eigenvalue weighted by Gasteiger charge is 2.29. The molecule has 0 aliphatic carbocycles. The maximum Gasteiger partial charge on any atom is 0.124 e. The first-order chi connectivity index (χ1) is 6.43. The standard InChI is InChI=1S/C12H18OSi/c1-10(12(13)14(2,3)4)11-8-6-5-7-9-11/h5-10H,1-4H3. The maximum atomic E-state index is 12.0. The molecule has 0 saturated carbocycles. The Morgan fingerprint density at radius 3 is 2.07 bits per heavy atom. The van der Waals surface area contributed by atoms with E-state index < -0.39 is 8.07 Å². The lowest BCUT2D eigenvalue weighted by molar-refractivity contribution is -0.113. The Hall–Kier alpha value is -0.893. The predicted molar refractivity (Wildman–Crippen MR) is 63.2 cm³/mol. The maximum absolute atomic E-state index is 12.0. The molecule has 0 N–H and O–H groups in total. The van der Waals surface area contributed by atoms with Crippen molar-refractivity contribution in [2.24, 2.45) is 0 Å². The molecule has 0 aliphatic heterocycles. The lowest BCUT2D eigenvalue weighted by atomic mass is 10.0. The lowest BCUT2D eigenvalue weighted by Crippen LogP contribution is -2.36. The molecule has 0 saturated heterocycles. The van der Waals surface area contributed by atoms with Gasteiger partial charge in [0.05, 0.1) is 0 Å². The van der Waals surface area contributed by atoms with Crippen LogP contribution in [0.1, 0.15) is 18.4 Å². The van der Waals surface area contributed by atoms with Crippen molar-refractivity contribution in [1.82, 2.24) is 0 Å². The van der Waals surface area contributed by atoms with Gasteiger partial charge in [-0.3, -0.25) is 0 Å². The SMILES string of the molecule is CC(C(=O)[Si](C)(C)C)c1ccccc1. The Bertz CT molecular complexity index is 311. The van der Waals surface area contributed by atoms with Crippen LogP contribution in [0.15, 0.2) is 30.3 Å². The quantitative estimate of drug-likeness (QED) is 0.694. The Balaban J connectivity index is 2.87. The molecule has 2 heteroatoms. The zero-order chi connectivity index (χ0) is 10.8. The molecule has 14 heavy (non-hydrogen) atoms. The van der Waals surface area contributed by atoms with E-state index in [0.29, 0.717) is 5.41 Å². The van der Waals surface area contributed by atoms with E-state index in [1.165, 1.54) is 0 Å². The zero-order valence-electron chi connectivity index (χ0n) is 9.37. The summed E-state index contributed by atoms with van der Waals surface area (Å²) in [6.45, 7) is 8.33. The highest BCUT2D eigenvalue weighted by molar-refractivity contribution is 7.04. The Morgan fingerprint density at radius 2 is 1.64 bits per heavy atom. The molecule has 0 spiro atoms. The second-order valence-electron chi connectivity index (χ2n) is 4.75. The third-order valence-corrected chi connectivity index (χ3v) is 4.34. The molecule has 0 bridgehead atoms. The topological polar surface area (TPSA) is 17.1 Å². The van der Waals surface area contributed by atoms with Crippen molar-refractivity contribution in [3.63, 3.8) is 0 Å². The third-order valence-electron chi connectivity index (χ3n) is 2.43. The van der Waals surface area contributed by atoms with Crippen LogP contribution in [0.5, 0.6) is 0 Å². The highest BCUT2D eigenvalue weighted by atomic mass is 28.3. The largest absolute Gasteiger partial charge is 0.305 e. The molecule has 0 aliphatic rings. The summed E-state index contributed by atoms with van der Waals surface area (Å²) in [6, 6.07) is 10.0. The summed E-state index contributed by atoms with van der Waals surface area (Å²) in [5, 5.41) is 0.434. The van der Waals surface area contributed by atoms with Crippen LogP contribution >= 0.6 is 0 Å². The van der Waals surface area contributed by atoms with Crippen LogP contribution in [-0.4, -0.2) is 13.5 Å². The minimum atomic E-state index is -1.65. The molecule has 1 aromatic carbocycles. The van der Waals surface area contributed by atoms with Gasteiger partial charge in [-0.2, -0.15) is 0 Å². The van der Waals surface area contributed by atoms with Gasteiger partial charge in [0.15, 0.2) is 0 Å². The fraction of sp³-hybridized carbons (Fsp3) is 0.417. The van der Waals surface area contributed by atoms with Crippen LogP contribution in [0.3, 0.4) is 0 Å². The summed E-state index contributed by atoms with van der Waals surface area (Å²) < 4.78 is 0. The smallest absolute Gasteiger partial charge is 0.124 e. The van der Waals surface area contributed by atoms with Crippen LogP contribution in [0.4, 0.5) is 0 Å². The highest BCUT2D eigenvalue weighted by Crippen LogP contribution is 2.20. The van der Waals surface area contributed by atoms with Gasteiger partial charge < -0.3 is 4.79 Å². The monoisotopic (exact) mass is 206 g/mol. The molecule has 0 aromatic heterocycles. The fourth-order valence-corrected chi connectivity index (χ4v) is 3.01. The van der Waals surface area contributed by atoms with E-state index in [1.807, 2.05) is 37.3 Å². The molecule has 0 fully saturated rings. The number of carbonyl (C=O) groups excluding carboxylic acids is 1. The number of rotatable bonds is 3. The van der Waals surface area contributed by atoms with Crippen LogP contribution in [0.2, 0.25) is 19.6 Å². The number of hydrogen-bond donors (Lipinski definition) is 0. The molecule has 1 unspecified atom stereocenters. The van der Waals surface area contributed by atoms with Crippen molar-refractivity contribution in [1.29, 1.82) is 0 Å². The molecule has 0 heterocycles. The van der Waals surface area contributed by atoms with Crippen molar-refractivity contribution in [3.05, 3.63) is 35.9 Å². The summed E-state index contributed by atoms with van der Waals surface area (Å²) >= 11 is 0. The molecule has 0 amide bonds. The van der Waals surface area contributed by atoms with E-state index >= 15 is 0 Å². The van der Waals surface area contributed by atoms with Crippen molar-refractivity contribution in [3.8, 4) is 0 Å².